The Hall–Kier alpha value is -0.100. The molecule has 0 aromatic carbocycles. The number of thioether (sulfide) groups is 1. The van der Waals surface area contributed by atoms with Crippen molar-refractivity contribution < 1.29 is 5.11 Å². The van der Waals surface area contributed by atoms with Crippen LogP contribution < -0.4 is 5.32 Å². The average molecular weight is 298 g/mol. The number of aryl methyl sites for hydroxylation is 2. The maximum absolute atomic E-state index is 10.6. The van der Waals surface area contributed by atoms with Crippen molar-refractivity contribution >= 4 is 23.1 Å². The highest BCUT2D eigenvalue weighted by Crippen LogP contribution is 2.35. The number of rotatable bonds is 3. The summed E-state index contributed by atoms with van der Waals surface area (Å²) in [5, 5.41) is 15.4. The van der Waals surface area contributed by atoms with Gasteiger partial charge >= 0.3 is 0 Å². The molecule has 1 aliphatic carbocycles. The van der Waals surface area contributed by atoms with Crippen molar-refractivity contribution in [3.05, 3.63) is 15.6 Å². The number of fused-ring (bicyclic) bond motifs is 1. The Balaban J connectivity index is 1.64. The second-order valence-corrected chi connectivity index (χ2v) is 8.17. The van der Waals surface area contributed by atoms with E-state index in [0.717, 1.165) is 37.3 Å². The minimum absolute atomic E-state index is 0.411. The molecule has 1 aromatic rings. The molecule has 2 heterocycles. The number of nitrogens with zero attached hydrogens (tertiary/aromatic N) is 1. The van der Waals surface area contributed by atoms with Gasteiger partial charge in [-0.25, -0.2) is 4.98 Å². The Morgan fingerprint density at radius 3 is 3.00 bits per heavy atom. The lowest BCUT2D eigenvalue weighted by Gasteiger charge is -2.34. The first-order valence-corrected chi connectivity index (χ1v) is 9.13. The molecule has 0 radical (unpaired) electrons. The van der Waals surface area contributed by atoms with E-state index in [4.69, 9.17) is 0 Å². The van der Waals surface area contributed by atoms with Crippen molar-refractivity contribution in [3.63, 3.8) is 0 Å². The second-order valence-electron chi connectivity index (χ2n) is 5.71. The van der Waals surface area contributed by atoms with E-state index in [2.05, 4.69) is 17.2 Å². The van der Waals surface area contributed by atoms with Crippen LogP contribution in [0.1, 0.15) is 47.3 Å². The first-order chi connectivity index (χ1) is 9.16. The lowest BCUT2D eigenvalue weighted by atomic mass is 9.94. The van der Waals surface area contributed by atoms with E-state index in [1.807, 2.05) is 23.1 Å². The standard InChI is InChI=1S/C14H22N2OS2/c1-10-16-12-4-2-3-11(13(12)19-10)15-9-14(17)5-7-18-8-6-14/h11,15,17H,2-9H2,1H3. The zero-order valence-electron chi connectivity index (χ0n) is 11.4. The molecule has 2 aliphatic rings. The van der Waals surface area contributed by atoms with Crippen molar-refractivity contribution in [2.45, 2.75) is 50.7 Å². The van der Waals surface area contributed by atoms with Crippen molar-refractivity contribution in [1.29, 1.82) is 0 Å². The monoisotopic (exact) mass is 298 g/mol. The normalized spacial score (nSPS) is 26.1. The minimum Gasteiger partial charge on any atom is -0.389 e. The Labute approximate surface area is 123 Å². The van der Waals surface area contributed by atoms with Crippen LogP contribution in [-0.2, 0) is 6.42 Å². The first kappa shape index (κ1) is 13.9. The summed E-state index contributed by atoms with van der Waals surface area (Å²) in [5.41, 5.74) is 0.806. The fourth-order valence-corrected chi connectivity index (χ4v) is 5.31. The third-order valence-corrected chi connectivity index (χ3v) is 6.27. The summed E-state index contributed by atoms with van der Waals surface area (Å²) in [6.07, 6.45) is 5.36. The average Bonchev–Trinajstić information content (AvgIpc) is 2.78. The SMILES string of the molecule is Cc1nc2c(s1)C(NCC1(O)CCSCC1)CCC2. The molecule has 1 atom stereocenters. The number of aliphatic hydroxyl groups is 1. The predicted molar refractivity (Wildman–Crippen MR) is 82.0 cm³/mol. The summed E-state index contributed by atoms with van der Waals surface area (Å²) in [7, 11) is 0. The molecule has 1 unspecified atom stereocenters. The second kappa shape index (κ2) is 5.72. The highest BCUT2D eigenvalue weighted by molar-refractivity contribution is 7.99. The number of nitrogens with one attached hydrogen (secondary N) is 1. The third-order valence-electron chi connectivity index (χ3n) is 4.16. The quantitative estimate of drug-likeness (QED) is 0.900. The van der Waals surface area contributed by atoms with Crippen molar-refractivity contribution in [3.8, 4) is 0 Å². The van der Waals surface area contributed by atoms with Gasteiger partial charge in [0.15, 0.2) is 0 Å². The zero-order chi connectivity index (χ0) is 13.3. The largest absolute Gasteiger partial charge is 0.389 e. The van der Waals surface area contributed by atoms with Crippen LogP contribution in [0.2, 0.25) is 0 Å². The molecule has 3 rings (SSSR count). The Bertz CT molecular complexity index is 441. The number of hydrogen-bond donors (Lipinski definition) is 2. The van der Waals surface area contributed by atoms with Crippen molar-refractivity contribution in [2.75, 3.05) is 18.1 Å². The van der Waals surface area contributed by atoms with Crippen LogP contribution >= 0.6 is 23.1 Å². The highest BCUT2D eigenvalue weighted by Gasteiger charge is 2.31. The molecule has 2 N–H and O–H groups in total. The van der Waals surface area contributed by atoms with Gasteiger partial charge in [0.05, 0.1) is 16.3 Å². The molecule has 0 bridgehead atoms. The number of hydrogen-bond acceptors (Lipinski definition) is 5. The van der Waals surface area contributed by atoms with Crippen LogP contribution in [0, 0.1) is 6.92 Å². The lowest BCUT2D eigenvalue weighted by molar-refractivity contribution is 0.0291. The number of thiazole rings is 1. The van der Waals surface area contributed by atoms with Gasteiger partial charge in [0, 0.05) is 17.5 Å². The van der Waals surface area contributed by atoms with Crippen LogP contribution in [0.15, 0.2) is 0 Å². The van der Waals surface area contributed by atoms with E-state index in [1.54, 1.807) is 0 Å². The molecule has 0 spiro atoms. The topological polar surface area (TPSA) is 45.2 Å². The van der Waals surface area contributed by atoms with Crippen LogP contribution in [0.4, 0.5) is 0 Å². The molecule has 1 aromatic heterocycles. The zero-order valence-corrected chi connectivity index (χ0v) is 13.1. The van der Waals surface area contributed by atoms with Gasteiger partial charge in [0.1, 0.15) is 0 Å². The van der Waals surface area contributed by atoms with E-state index in [9.17, 15) is 5.11 Å². The maximum Gasteiger partial charge on any atom is 0.0900 e. The molecule has 1 aliphatic heterocycles. The summed E-state index contributed by atoms with van der Waals surface area (Å²) in [6, 6.07) is 0.411. The van der Waals surface area contributed by atoms with Crippen LogP contribution in [0.25, 0.3) is 0 Å². The van der Waals surface area contributed by atoms with Crippen LogP contribution in [0.5, 0.6) is 0 Å². The predicted octanol–water partition coefficient (Wildman–Crippen LogP) is 2.68. The highest BCUT2D eigenvalue weighted by atomic mass is 32.2. The van der Waals surface area contributed by atoms with Gasteiger partial charge in [-0.15, -0.1) is 11.3 Å². The molecule has 106 valence electrons. The van der Waals surface area contributed by atoms with Gasteiger partial charge in [0.25, 0.3) is 0 Å². The number of aromatic nitrogens is 1. The summed E-state index contributed by atoms with van der Waals surface area (Å²) < 4.78 is 0. The third kappa shape index (κ3) is 3.15. The van der Waals surface area contributed by atoms with Crippen LogP contribution in [-0.4, -0.2) is 33.7 Å². The van der Waals surface area contributed by atoms with Gasteiger partial charge in [-0.3, -0.25) is 0 Å². The lowest BCUT2D eigenvalue weighted by Crippen LogP contribution is -2.44. The minimum atomic E-state index is -0.484. The summed E-state index contributed by atoms with van der Waals surface area (Å²) in [4.78, 5) is 6.04. The van der Waals surface area contributed by atoms with Crippen molar-refractivity contribution in [2.24, 2.45) is 0 Å². The Kier molecular flexibility index (Phi) is 4.17. The summed E-state index contributed by atoms with van der Waals surface area (Å²) >= 11 is 3.78. The Morgan fingerprint density at radius 2 is 2.21 bits per heavy atom. The van der Waals surface area contributed by atoms with Gasteiger partial charge in [-0.2, -0.15) is 11.8 Å². The maximum atomic E-state index is 10.6. The van der Waals surface area contributed by atoms with E-state index >= 15 is 0 Å². The summed E-state index contributed by atoms with van der Waals surface area (Å²) in [6.45, 7) is 2.82. The molecule has 19 heavy (non-hydrogen) atoms. The Morgan fingerprint density at radius 1 is 1.42 bits per heavy atom. The van der Waals surface area contributed by atoms with E-state index < -0.39 is 5.60 Å². The first-order valence-electron chi connectivity index (χ1n) is 7.16. The molecular formula is C14H22N2OS2. The molecule has 1 fully saturated rings. The fourth-order valence-electron chi connectivity index (χ4n) is 2.98. The fraction of sp³-hybridized carbons (Fsp3) is 0.786. The molecular weight excluding hydrogens is 276 g/mol. The molecule has 5 heteroatoms. The van der Waals surface area contributed by atoms with Gasteiger partial charge < -0.3 is 10.4 Å². The molecule has 1 saturated heterocycles. The van der Waals surface area contributed by atoms with E-state index in [1.165, 1.54) is 28.4 Å². The molecule has 3 nitrogen and oxygen atoms in total. The molecule has 0 saturated carbocycles. The van der Waals surface area contributed by atoms with Crippen molar-refractivity contribution in [1.82, 2.24) is 10.3 Å². The summed E-state index contributed by atoms with van der Waals surface area (Å²) in [5.74, 6) is 2.18. The smallest absolute Gasteiger partial charge is 0.0900 e. The van der Waals surface area contributed by atoms with E-state index in [-0.39, 0.29) is 0 Å². The van der Waals surface area contributed by atoms with Gasteiger partial charge in [0.2, 0.25) is 0 Å². The van der Waals surface area contributed by atoms with Gasteiger partial charge in [-0.1, -0.05) is 0 Å². The van der Waals surface area contributed by atoms with Gasteiger partial charge in [-0.05, 0) is 50.5 Å². The van der Waals surface area contributed by atoms with E-state index in [0.29, 0.717) is 6.04 Å². The molecule has 0 amide bonds. The van der Waals surface area contributed by atoms with Crippen LogP contribution in [0.3, 0.4) is 0 Å².